The molecular weight excluding hydrogens is 338 g/mol. The average Bonchev–Trinajstić information content (AvgIpc) is 2.88. The number of thiophene rings is 1. The zero-order valence-electron chi connectivity index (χ0n) is 11.0. The number of nitriles is 1. The van der Waals surface area contributed by atoms with E-state index in [0.29, 0.717) is 16.9 Å². The fraction of sp³-hybridized carbons (Fsp3) is 0.200. The lowest BCUT2D eigenvalue weighted by atomic mass is 9.92. The first-order chi connectivity index (χ1) is 9.56. The van der Waals surface area contributed by atoms with E-state index in [1.54, 1.807) is 30.7 Å². The van der Waals surface area contributed by atoms with Crippen LogP contribution in [0.15, 0.2) is 33.4 Å². The minimum atomic E-state index is -0.814. The number of hydrogen-bond donors (Lipinski definition) is 0. The van der Waals surface area contributed by atoms with Gasteiger partial charge >= 0.3 is 0 Å². The molecule has 2 rings (SSSR count). The molecule has 1 aromatic carbocycles. The summed E-state index contributed by atoms with van der Waals surface area (Å²) in [6.07, 6.45) is 0. The van der Waals surface area contributed by atoms with E-state index in [-0.39, 0.29) is 5.78 Å². The van der Waals surface area contributed by atoms with Crippen molar-refractivity contribution < 1.29 is 9.53 Å². The summed E-state index contributed by atoms with van der Waals surface area (Å²) in [5.74, 6) is -0.326. The standard InChI is InChI=1S/C15H12BrNO2S/c1-9-3-4-10(5-13(9)19-2)12(7-17)15(18)11-6-14(16)20-8-11/h3-6,8,12H,1-2H3. The van der Waals surface area contributed by atoms with Gasteiger partial charge in [-0.25, -0.2) is 0 Å². The quantitative estimate of drug-likeness (QED) is 0.772. The number of halogens is 1. The number of carbonyl (C=O) groups is 1. The number of rotatable bonds is 4. The summed E-state index contributed by atoms with van der Waals surface area (Å²) in [5.41, 5.74) is 2.17. The monoisotopic (exact) mass is 349 g/mol. The Labute approximate surface area is 129 Å². The third kappa shape index (κ3) is 2.92. The van der Waals surface area contributed by atoms with E-state index >= 15 is 0 Å². The number of Topliss-reactive ketones (excluding diaryl/α,β-unsaturated/α-hetero) is 1. The Morgan fingerprint density at radius 2 is 2.20 bits per heavy atom. The highest BCUT2D eigenvalue weighted by Crippen LogP contribution is 2.29. The molecule has 1 unspecified atom stereocenters. The van der Waals surface area contributed by atoms with E-state index in [1.807, 2.05) is 13.0 Å². The van der Waals surface area contributed by atoms with Gasteiger partial charge in [0, 0.05) is 10.9 Å². The molecule has 1 heterocycles. The highest BCUT2D eigenvalue weighted by Gasteiger charge is 2.23. The Bertz CT molecular complexity index is 687. The lowest BCUT2D eigenvalue weighted by Gasteiger charge is -2.11. The SMILES string of the molecule is COc1cc(C(C#N)C(=O)c2csc(Br)c2)ccc1C. The molecule has 5 heteroatoms. The largest absolute Gasteiger partial charge is 0.496 e. The molecule has 102 valence electrons. The van der Waals surface area contributed by atoms with Gasteiger partial charge in [-0.1, -0.05) is 12.1 Å². The Balaban J connectivity index is 2.38. The highest BCUT2D eigenvalue weighted by molar-refractivity contribution is 9.11. The maximum Gasteiger partial charge on any atom is 0.185 e. The second kappa shape index (κ2) is 6.21. The summed E-state index contributed by atoms with van der Waals surface area (Å²) >= 11 is 4.75. The summed E-state index contributed by atoms with van der Waals surface area (Å²) in [6, 6.07) is 9.23. The van der Waals surface area contributed by atoms with E-state index in [1.165, 1.54) is 11.3 Å². The summed E-state index contributed by atoms with van der Waals surface area (Å²) < 4.78 is 6.12. The van der Waals surface area contributed by atoms with Gasteiger partial charge in [0.05, 0.1) is 17.0 Å². The fourth-order valence-electron chi connectivity index (χ4n) is 1.91. The number of benzene rings is 1. The normalized spacial score (nSPS) is 11.7. The van der Waals surface area contributed by atoms with Crippen molar-refractivity contribution in [3.8, 4) is 11.8 Å². The number of ether oxygens (including phenoxy) is 1. The van der Waals surface area contributed by atoms with Gasteiger partial charge in [0.1, 0.15) is 11.7 Å². The van der Waals surface area contributed by atoms with Gasteiger partial charge in [0.2, 0.25) is 0 Å². The molecule has 20 heavy (non-hydrogen) atoms. The van der Waals surface area contributed by atoms with Crippen LogP contribution in [0.4, 0.5) is 0 Å². The van der Waals surface area contributed by atoms with Gasteiger partial charge in [-0.15, -0.1) is 11.3 Å². The van der Waals surface area contributed by atoms with Crippen LogP contribution in [-0.2, 0) is 0 Å². The van der Waals surface area contributed by atoms with Gasteiger partial charge in [-0.2, -0.15) is 5.26 Å². The van der Waals surface area contributed by atoms with Crippen molar-refractivity contribution in [1.82, 2.24) is 0 Å². The average molecular weight is 350 g/mol. The molecule has 0 saturated carbocycles. The van der Waals surface area contributed by atoms with E-state index in [2.05, 4.69) is 22.0 Å². The number of carbonyl (C=O) groups excluding carboxylic acids is 1. The first kappa shape index (κ1) is 14.8. The molecular formula is C15H12BrNO2S. The summed E-state index contributed by atoms with van der Waals surface area (Å²) in [7, 11) is 1.57. The maximum absolute atomic E-state index is 12.4. The van der Waals surface area contributed by atoms with E-state index in [9.17, 15) is 10.1 Å². The van der Waals surface area contributed by atoms with Crippen LogP contribution in [0.1, 0.15) is 27.4 Å². The Morgan fingerprint density at radius 3 is 2.75 bits per heavy atom. The van der Waals surface area contributed by atoms with Crippen LogP contribution in [0.2, 0.25) is 0 Å². The number of ketones is 1. The van der Waals surface area contributed by atoms with Gasteiger partial charge in [0.25, 0.3) is 0 Å². The summed E-state index contributed by atoms with van der Waals surface area (Å²) in [6.45, 7) is 1.92. The second-order valence-corrected chi connectivity index (χ2v) is 6.59. The lowest BCUT2D eigenvalue weighted by molar-refractivity contribution is 0.0979. The zero-order valence-corrected chi connectivity index (χ0v) is 13.4. The molecule has 0 fully saturated rings. The highest BCUT2D eigenvalue weighted by atomic mass is 79.9. The van der Waals surface area contributed by atoms with Crippen LogP contribution >= 0.6 is 27.3 Å². The minimum Gasteiger partial charge on any atom is -0.496 e. The number of hydrogen-bond acceptors (Lipinski definition) is 4. The second-order valence-electron chi connectivity index (χ2n) is 4.29. The molecule has 0 bridgehead atoms. The van der Waals surface area contributed by atoms with Crippen molar-refractivity contribution in [3.63, 3.8) is 0 Å². The van der Waals surface area contributed by atoms with Gasteiger partial charge in [-0.3, -0.25) is 4.79 Å². The Kier molecular flexibility index (Phi) is 4.58. The van der Waals surface area contributed by atoms with Crippen molar-refractivity contribution in [2.45, 2.75) is 12.8 Å². The van der Waals surface area contributed by atoms with Crippen molar-refractivity contribution >= 4 is 33.0 Å². The predicted octanol–water partition coefficient (Wildman–Crippen LogP) is 4.32. The smallest absolute Gasteiger partial charge is 0.185 e. The molecule has 1 atom stereocenters. The summed E-state index contributed by atoms with van der Waals surface area (Å²) in [4.78, 5) is 12.4. The van der Waals surface area contributed by atoms with Crippen LogP contribution in [0.3, 0.4) is 0 Å². The van der Waals surface area contributed by atoms with Crippen molar-refractivity contribution in [2.24, 2.45) is 0 Å². The minimum absolute atomic E-state index is 0.194. The number of methoxy groups -OCH3 is 1. The maximum atomic E-state index is 12.4. The van der Waals surface area contributed by atoms with Crippen molar-refractivity contribution in [1.29, 1.82) is 5.26 Å². The molecule has 0 N–H and O–H groups in total. The van der Waals surface area contributed by atoms with Crippen molar-refractivity contribution in [2.75, 3.05) is 7.11 Å². The molecule has 0 spiro atoms. The molecule has 0 aliphatic carbocycles. The summed E-state index contributed by atoms with van der Waals surface area (Å²) in [5, 5.41) is 11.1. The third-order valence-corrected chi connectivity index (χ3v) is 4.51. The number of nitrogens with zero attached hydrogens (tertiary/aromatic N) is 1. The number of aryl methyl sites for hydroxylation is 1. The molecule has 0 aliphatic rings. The van der Waals surface area contributed by atoms with E-state index < -0.39 is 5.92 Å². The van der Waals surface area contributed by atoms with E-state index in [0.717, 1.165) is 9.35 Å². The van der Waals surface area contributed by atoms with Crippen LogP contribution < -0.4 is 4.74 Å². The molecule has 3 nitrogen and oxygen atoms in total. The van der Waals surface area contributed by atoms with Crippen LogP contribution in [-0.4, -0.2) is 12.9 Å². The first-order valence-electron chi connectivity index (χ1n) is 5.89. The lowest BCUT2D eigenvalue weighted by Crippen LogP contribution is -2.10. The molecule has 0 radical (unpaired) electrons. The van der Waals surface area contributed by atoms with E-state index in [4.69, 9.17) is 4.74 Å². The molecule has 0 aliphatic heterocycles. The van der Waals surface area contributed by atoms with Gasteiger partial charge in [-0.05, 0) is 46.1 Å². The molecule has 1 aromatic heterocycles. The van der Waals surface area contributed by atoms with Crippen LogP contribution in [0.25, 0.3) is 0 Å². The Hall–Kier alpha value is -1.64. The predicted molar refractivity (Wildman–Crippen MR) is 82.4 cm³/mol. The fourth-order valence-corrected chi connectivity index (χ4v) is 3.05. The molecule has 2 aromatic rings. The molecule has 0 saturated heterocycles. The Morgan fingerprint density at radius 1 is 1.45 bits per heavy atom. The van der Waals surface area contributed by atoms with Gasteiger partial charge in [0.15, 0.2) is 5.78 Å². The van der Waals surface area contributed by atoms with Crippen molar-refractivity contribution in [3.05, 3.63) is 50.1 Å². The van der Waals surface area contributed by atoms with Crippen LogP contribution in [0.5, 0.6) is 5.75 Å². The zero-order chi connectivity index (χ0) is 14.7. The first-order valence-corrected chi connectivity index (χ1v) is 7.56. The molecule has 0 amide bonds. The van der Waals surface area contributed by atoms with Crippen LogP contribution in [0, 0.1) is 18.3 Å². The topological polar surface area (TPSA) is 50.1 Å². The van der Waals surface area contributed by atoms with Gasteiger partial charge < -0.3 is 4.74 Å². The third-order valence-electron chi connectivity index (χ3n) is 3.01.